The monoisotopic (exact) mass is 444 g/mol. The molecule has 164 valence electrons. The Kier molecular flexibility index (Phi) is 7.41. The van der Waals surface area contributed by atoms with Gasteiger partial charge in [-0.1, -0.05) is 21.9 Å². The molecule has 0 saturated heterocycles. The summed E-state index contributed by atoms with van der Waals surface area (Å²) >= 11 is 6.32. The van der Waals surface area contributed by atoms with E-state index in [2.05, 4.69) is 20.4 Å². The van der Waals surface area contributed by atoms with Crippen LogP contribution in [0.5, 0.6) is 0 Å². The highest BCUT2D eigenvalue weighted by Crippen LogP contribution is 2.26. The molecule has 0 unspecified atom stereocenters. The highest BCUT2D eigenvalue weighted by Gasteiger charge is 2.20. The number of anilines is 1. The maximum Gasteiger partial charge on any atom is 0.227 e. The smallest absolute Gasteiger partial charge is 0.227 e. The summed E-state index contributed by atoms with van der Waals surface area (Å²) in [4.78, 5) is 23.9. The van der Waals surface area contributed by atoms with Crippen molar-refractivity contribution in [2.24, 2.45) is 5.16 Å². The summed E-state index contributed by atoms with van der Waals surface area (Å²) in [6, 6.07) is 3.67. The summed E-state index contributed by atoms with van der Waals surface area (Å²) in [5, 5.41) is 12.5. The van der Waals surface area contributed by atoms with Gasteiger partial charge >= 0.3 is 0 Å². The molecule has 0 aliphatic heterocycles. The number of aryl methyl sites for hydroxylation is 2. The molecule has 3 rings (SSSR count). The summed E-state index contributed by atoms with van der Waals surface area (Å²) in [6.07, 6.45) is 5.82. The molecule has 0 spiro atoms. The number of hydrogen-bond acceptors (Lipinski definition) is 7. The number of amides is 1. The Morgan fingerprint density at radius 2 is 2.16 bits per heavy atom. The van der Waals surface area contributed by atoms with E-state index in [1.54, 1.807) is 28.2 Å². The van der Waals surface area contributed by atoms with Gasteiger partial charge < -0.3 is 14.3 Å². The minimum absolute atomic E-state index is 0.0737. The number of carbonyl (C=O) groups is 1. The van der Waals surface area contributed by atoms with Crippen LogP contribution in [-0.2, 0) is 16.2 Å². The summed E-state index contributed by atoms with van der Waals surface area (Å²) in [7, 11) is 0. The van der Waals surface area contributed by atoms with Crippen molar-refractivity contribution < 1.29 is 14.2 Å². The van der Waals surface area contributed by atoms with Gasteiger partial charge in [0.05, 0.1) is 35.1 Å². The van der Waals surface area contributed by atoms with E-state index >= 15 is 0 Å². The van der Waals surface area contributed by atoms with Gasteiger partial charge in [0.1, 0.15) is 18.1 Å². The molecule has 0 N–H and O–H groups in total. The zero-order valence-electron chi connectivity index (χ0n) is 18.0. The standard InChI is InChI=1S/C21H25ClN6O3/c1-5-27(19-12-28(24-21(19)22)17-7-6-10-23-11-17)20(29)9-8-14(2)25-30-13-18-15(3)26-31-16(18)4/h6-7,10-12H,5,8-9,13H2,1-4H3. The van der Waals surface area contributed by atoms with E-state index < -0.39 is 0 Å². The molecular formula is C21H25ClN6O3. The predicted molar refractivity (Wildman–Crippen MR) is 118 cm³/mol. The Labute approximate surface area is 185 Å². The fourth-order valence-electron chi connectivity index (χ4n) is 3.01. The van der Waals surface area contributed by atoms with E-state index in [1.807, 2.05) is 39.8 Å². The van der Waals surface area contributed by atoms with Crippen LogP contribution in [0.1, 0.15) is 43.7 Å². The van der Waals surface area contributed by atoms with Crippen LogP contribution in [0.4, 0.5) is 5.69 Å². The minimum Gasteiger partial charge on any atom is -0.391 e. The molecule has 3 aromatic heterocycles. The maximum absolute atomic E-state index is 12.8. The lowest BCUT2D eigenvalue weighted by Crippen LogP contribution is -2.30. The number of hydrogen-bond donors (Lipinski definition) is 0. The van der Waals surface area contributed by atoms with Crippen LogP contribution < -0.4 is 4.90 Å². The van der Waals surface area contributed by atoms with Crippen molar-refractivity contribution >= 4 is 28.9 Å². The second-order valence-corrected chi connectivity index (χ2v) is 7.36. The van der Waals surface area contributed by atoms with Crippen LogP contribution in [0.2, 0.25) is 5.15 Å². The molecule has 0 radical (unpaired) electrons. The average Bonchev–Trinajstić information content (AvgIpc) is 3.30. The lowest BCUT2D eigenvalue weighted by molar-refractivity contribution is -0.118. The molecule has 1 amide bonds. The lowest BCUT2D eigenvalue weighted by atomic mass is 10.2. The minimum atomic E-state index is -0.0737. The van der Waals surface area contributed by atoms with E-state index in [9.17, 15) is 4.79 Å². The third kappa shape index (κ3) is 5.49. The number of carbonyl (C=O) groups excluding carboxylic acids is 1. The zero-order chi connectivity index (χ0) is 22.4. The van der Waals surface area contributed by atoms with Gasteiger partial charge in [-0.05, 0) is 46.2 Å². The first kappa shape index (κ1) is 22.5. The first-order valence-corrected chi connectivity index (χ1v) is 10.3. The third-order valence-electron chi connectivity index (χ3n) is 4.78. The van der Waals surface area contributed by atoms with Crippen molar-refractivity contribution in [3.63, 3.8) is 0 Å². The van der Waals surface area contributed by atoms with Gasteiger partial charge in [0.15, 0.2) is 5.15 Å². The molecule has 0 bridgehead atoms. The van der Waals surface area contributed by atoms with Crippen molar-refractivity contribution in [1.29, 1.82) is 0 Å². The second kappa shape index (κ2) is 10.2. The number of halogens is 1. The van der Waals surface area contributed by atoms with Crippen LogP contribution in [0, 0.1) is 13.8 Å². The molecule has 0 aliphatic rings. The second-order valence-electron chi connectivity index (χ2n) is 7.00. The highest BCUT2D eigenvalue weighted by atomic mass is 35.5. The zero-order valence-corrected chi connectivity index (χ0v) is 18.8. The largest absolute Gasteiger partial charge is 0.391 e. The van der Waals surface area contributed by atoms with Crippen LogP contribution in [0.15, 0.2) is 40.4 Å². The Balaban J connectivity index is 1.59. The Bertz CT molecular complexity index is 1040. The molecule has 0 atom stereocenters. The van der Waals surface area contributed by atoms with Crippen molar-refractivity contribution in [1.82, 2.24) is 19.9 Å². The fourth-order valence-corrected chi connectivity index (χ4v) is 3.24. The van der Waals surface area contributed by atoms with Gasteiger partial charge in [0, 0.05) is 19.2 Å². The topological polar surface area (TPSA) is 98.6 Å². The van der Waals surface area contributed by atoms with E-state index in [0.717, 1.165) is 16.9 Å². The normalized spacial score (nSPS) is 11.6. The van der Waals surface area contributed by atoms with Gasteiger partial charge in [-0.3, -0.25) is 9.78 Å². The van der Waals surface area contributed by atoms with Crippen LogP contribution in [0.3, 0.4) is 0 Å². The number of oxime groups is 1. The molecule has 3 aromatic rings. The number of aromatic nitrogens is 4. The summed E-state index contributed by atoms with van der Waals surface area (Å²) in [6.45, 7) is 8.14. The van der Waals surface area contributed by atoms with Crippen molar-refractivity contribution in [2.45, 2.75) is 47.1 Å². The molecule has 3 heterocycles. The number of nitrogens with zero attached hydrogens (tertiary/aromatic N) is 6. The molecular weight excluding hydrogens is 420 g/mol. The fraction of sp³-hybridized carbons (Fsp3) is 0.381. The summed E-state index contributed by atoms with van der Waals surface area (Å²) in [5.74, 6) is 0.637. The number of rotatable bonds is 9. The van der Waals surface area contributed by atoms with Crippen molar-refractivity contribution in [3.8, 4) is 5.69 Å². The summed E-state index contributed by atoms with van der Waals surface area (Å²) in [5.41, 5.74) is 3.70. The predicted octanol–water partition coefficient (Wildman–Crippen LogP) is 4.25. The Morgan fingerprint density at radius 1 is 1.35 bits per heavy atom. The maximum atomic E-state index is 12.8. The van der Waals surface area contributed by atoms with E-state index in [-0.39, 0.29) is 24.1 Å². The van der Waals surface area contributed by atoms with Gasteiger partial charge in [-0.15, -0.1) is 0 Å². The van der Waals surface area contributed by atoms with E-state index in [4.69, 9.17) is 21.0 Å². The SMILES string of the molecule is CCN(C(=O)CCC(C)=NOCc1c(C)noc1C)c1cn(-c2cccnc2)nc1Cl. The highest BCUT2D eigenvalue weighted by molar-refractivity contribution is 6.32. The van der Waals surface area contributed by atoms with Crippen LogP contribution in [-0.4, -0.2) is 38.1 Å². The Hall–Kier alpha value is -3.20. The first-order chi connectivity index (χ1) is 14.9. The molecule has 0 aromatic carbocycles. The molecule has 9 nitrogen and oxygen atoms in total. The quantitative estimate of drug-likeness (QED) is 0.361. The van der Waals surface area contributed by atoms with Gasteiger partial charge in [0.2, 0.25) is 5.91 Å². The van der Waals surface area contributed by atoms with E-state index in [0.29, 0.717) is 30.1 Å². The molecule has 31 heavy (non-hydrogen) atoms. The molecule has 0 fully saturated rings. The molecule has 0 saturated carbocycles. The third-order valence-corrected chi connectivity index (χ3v) is 5.05. The van der Waals surface area contributed by atoms with Gasteiger partial charge in [-0.25, -0.2) is 4.68 Å². The molecule has 10 heteroatoms. The lowest BCUT2D eigenvalue weighted by Gasteiger charge is -2.19. The van der Waals surface area contributed by atoms with Crippen molar-refractivity contribution in [2.75, 3.05) is 11.4 Å². The molecule has 0 aliphatic carbocycles. The van der Waals surface area contributed by atoms with E-state index in [1.165, 1.54) is 0 Å². The van der Waals surface area contributed by atoms with Crippen LogP contribution in [0.25, 0.3) is 5.69 Å². The Morgan fingerprint density at radius 3 is 2.81 bits per heavy atom. The first-order valence-electron chi connectivity index (χ1n) is 9.93. The van der Waals surface area contributed by atoms with Gasteiger partial charge in [-0.2, -0.15) is 5.10 Å². The van der Waals surface area contributed by atoms with Crippen LogP contribution >= 0.6 is 11.6 Å². The summed E-state index contributed by atoms with van der Waals surface area (Å²) < 4.78 is 6.71. The van der Waals surface area contributed by atoms with Crippen molar-refractivity contribution in [3.05, 3.63) is 52.9 Å². The van der Waals surface area contributed by atoms with Gasteiger partial charge in [0.25, 0.3) is 0 Å². The average molecular weight is 445 g/mol. The number of pyridine rings is 1.